The maximum Gasteiger partial charge on any atom is 0.0518 e. The third kappa shape index (κ3) is 4.27. The van der Waals surface area contributed by atoms with Crippen molar-refractivity contribution < 1.29 is 0 Å². The van der Waals surface area contributed by atoms with Crippen LogP contribution in [0.2, 0.25) is 0 Å². The summed E-state index contributed by atoms with van der Waals surface area (Å²) < 4.78 is 0. The average Bonchev–Trinajstić information content (AvgIpc) is 3.93. The number of hydrogen-bond donors (Lipinski definition) is 0. The second-order valence-corrected chi connectivity index (χ2v) is 17.3. The Morgan fingerprint density at radius 1 is 0.453 bits per heavy atom. The molecule has 6 unspecified atom stereocenters. The molecule has 11 rings (SSSR count). The second kappa shape index (κ2) is 11.2. The van der Waals surface area contributed by atoms with Gasteiger partial charge in [0, 0.05) is 34.6 Å². The molecule has 0 amide bonds. The van der Waals surface area contributed by atoms with Gasteiger partial charge in [0.25, 0.3) is 0 Å². The van der Waals surface area contributed by atoms with Gasteiger partial charge in [-0.15, -0.1) is 0 Å². The van der Waals surface area contributed by atoms with E-state index >= 15 is 0 Å². The minimum atomic E-state index is 0.0988. The van der Waals surface area contributed by atoms with Crippen LogP contribution < -0.4 is 9.80 Å². The summed E-state index contributed by atoms with van der Waals surface area (Å²) in [6.45, 7) is 9.95. The Morgan fingerprint density at radius 3 is 1.28 bits per heavy atom. The van der Waals surface area contributed by atoms with Gasteiger partial charge in [0.2, 0.25) is 0 Å². The summed E-state index contributed by atoms with van der Waals surface area (Å²) in [5.74, 6) is 2.36. The fourth-order valence-electron chi connectivity index (χ4n) is 11.9. The van der Waals surface area contributed by atoms with Crippen molar-refractivity contribution in [2.45, 2.75) is 82.7 Å². The molecule has 0 radical (unpaired) electrons. The van der Waals surface area contributed by atoms with E-state index in [0.29, 0.717) is 23.7 Å². The topological polar surface area (TPSA) is 6.48 Å². The minimum Gasteiger partial charge on any atom is -0.334 e. The quantitative estimate of drug-likeness (QED) is 0.182. The highest BCUT2D eigenvalue weighted by Crippen LogP contribution is 2.63. The van der Waals surface area contributed by atoms with Crippen LogP contribution in [0.15, 0.2) is 133 Å². The van der Waals surface area contributed by atoms with Crippen LogP contribution in [0.5, 0.6) is 0 Å². The lowest BCUT2D eigenvalue weighted by Crippen LogP contribution is -2.45. The van der Waals surface area contributed by atoms with E-state index in [-0.39, 0.29) is 11.1 Å². The third-order valence-corrected chi connectivity index (χ3v) is 15.0. The molecule has 0 spiro atoms. The molecule has 0 N–H and O–H groups in total. The standard InChI is InChI=1S/C51H48N2/c1-32-15-23-46-44-30-36(21-25-48(44)52(50(32,46)3)40-11-7-5-8-12-40)34-17-19-38-27-39-20-18-35(29-43(39)42(38)28-34)37-22-26-49-45(31-37)47-24-16-33(2)51(47,4)53(49)41-13-9-6-10-14-41/h5-14,17-22,25-26,28-33,46-47H,15-16,23-24,27H2,1-4H3. The number of nitrogens with zero attached hydrogens (tertiary/aromatic N) is 2. The molecule has 2 nitrogen and oxygen atoms in total. The van der Waals surface area contributed by atoms with Gasteiger partial charge in [0.15, 0.2) is 0 Å². The van der Waals surface area contributed by atoms with E-state index in [1.165, 1.54) is 104 Å². The Bertz CT molecular complexity index is 2260. The maximum atomic E-state index is 2.67. The first-order valence-corrected chi connectivity index (χ1v) is 20.1. The molecular weight excluding hydrogens is 641 g/mol. The van der Waals surface area contributed by atoms with Crippen molar-refractivity contribution in [3.8, 4) is 33.4 Å². The van der Waals surface area contributed by atoms with Crippen LogP contribution in [-0.2, 0) is 6.42 Å². The Balaban J connectivity index is 0.959. The molecule has 0 saturated heterocycles. The molecule has 2 heterocycles. The molecule has 0 bridgehead atoms. The summed E-state index contributed by atoms with van der Waals surface area (Å²) in [6, 6.07) is 51.3. The van der Waals surface area contributed by atoms with Crippen molar-refractivity contribution in [2.75, 3.05) is 9.80 Å². The number of fused-ring (bicyclic) bond motifs is 9. The van der Waals surface area contributed by atoms with Gasteiger partial charge in [-0.1, -0.05) is 86.6 Å². The Labute approximate surface area is 315 Å². The second-order valence-electron chi connectivity index (χ2n) is 17.3. The fourth-order valence-corrected chi connectivity index (χ4v) is 11.9. The molecule has 2 fully saturated rings. The van der Waals surface area contributed by atoms with Gasteiger partial charge in [0.05, 0.1) is 11.1 Å². The highest BCUT2D eigenvalue weighted by Gasteiger charge is 2.56. The van der Waals surface area contributed by atoms with Crippen LogP contribution in [0.25, 0.3) is 33.4 Å². The number of anilines is 4. The molecule has 2 aliphatic heterocycles. The smallest absolute Gasteiger partial charge is 0.0518 e. The van der Waals surface area contributed by atoms with Crippen LogP contribution in [0.3, 0.4) is 0 Å². The predicted molar refractivity (Wildman–Crippen MR) is 222 cm³/mol. The summed E-state index contributed by atoms with van der Waals surface area (Å²) in [6.07, 6.45) is 6.07. The van der Waals surface area contributed by atoms with Crippen molar-refractivity contribution >= 4 is 22.7 Å². The van der Waals surface area contributed by atoms with Crippen LogP contribution in [0.4, 0.5) is 22.7 Å². The summed E-state index contributed by atoms with van der Waals surface area (Å²) in [5.41, 5.74) is 19.7. The Morgan fingerprint density at radius 2 is 0.849 bits per heavy atom. The minimum absolute atomic E-state index is 0.0988. The number of benzene rings is 6. The van der Waals surface area contributed by atoms with E-state index in [9.17, 15) is 0 Å². The summed E-state index contributed by atoms with van der Waals surface area (Å²) in [5, 5.41) is 0. The lowest BCUT2D eigenvalue weighted by Gasteiger charge is -2.41. The molecule has 5 aliphatic rings. The van der Waals surface area contributed by atoms with Crippen LogP contribution in [-0.4, -0.2) is 11.1 Å². The van der Waals surface area contributed by atoms with Crippen molar-refractivity contribution in [3.63, 3.8) is 0 Å². The van der Waals surface area contributed by atoms with Gasteiger partial charge in [-0.05, 0) is 174 Å². The van der Waals surface area contributed by atoms with Crippen LogP contribution in [0.1, 0.15) is 87.5 Å². The molecule has 6 aromatic carbocycles. The summed E-state index contributed by atoms with van der Waals surface area (Å²) in [7, 11) is 0. The lowest BCUT2D eigenvalue weighted by atomic mass is 9.81. The zero-order chi connectivity index (χ0) is 35.6. The lowest BCUT2D eigenvalue weighted by molar-refractivity contribution is 0.355. The predicted octanol–water partition coefficient (Wildman–Crippen LogP) is 13.4. The molecular formula is C51H48N2. The first kappa shape index (κ1) is 31.4. The fraction of sp³-hybridized carbons (Fsp3) is 0.294. The first-order chi connectivity index (χ1) is 25.8. The largest absolute Gasteiger partial charge is 0.334 e. The normalized spacial score (nSPS) is 27.3. The van der Waals surface area contributed by atoms with Gasteiger partial charge in [-0.2, -0.15) is 0 Å². The average molecular weight is 689 g/mol. The van der Waals surface area contributed by atoms with Crippen molar-refractivity contribution in [3.05, 3.63) is 156 Å². The molecule has 2 saturated carbocycles. The van der Waals surface area contributed by atoms with E-state index in [2.05, 4.69) is 171 Å². The van der Waals surface area contributed by atoms with Crippen molar-refractivity contribution in [1.82, 2.24) is 0 Å². The molecule has 6 aromatic rings. The van der Waals surface area contributed by atoms with E-state index in [1.807, 2.05) is 0 Å². The summed E-state index contributed by atoms with van der Waals surface area (Å²) in [4.78, 5) is 5.34. The van der Waals surface area contributed by atoms with Gasteiger partial charge in [-0.25, -0.2) is 0 Å². The van der Waals surface area contributed by atoms with Gasteiger partial charge >= 0.3 is 0 Å². The molecule has 3 aliphatic carbocycles. The van der Waals surface area contributed by atoms with E-state index < -0.39 is 0 Å². The maximum absolute atomic E-state index is 2.67. The van der Waals surface area contributed by atoms with Crippen LogP contribution >= 0.6 is 0 Å². The van der Waals surface area contributed by atoms with Crippen molar-refractivity contribution in [2.24, 2.45) is 11.8 Å². The first-order valence-electron chi connectivity index (χ1n) is 20.1. The molecule has 53 heavy (non-hydrogen) atoms. The van der Waals surface area contributed by atoms with Gasteiger partial charge in [-0.3, -0.25) is 0 Å². The number of para-hydroxylation sites is 2. The SMILES string of the molecule is CC1CCC2c3cc(-c4ccc5c(c4)-c4cc(-c6ccc7c(c6)C6CCC(C)C6(C)N7c6ccccc6)ccc4C5)ccc3N(c3ccccc3)C12C. The van der Waals surface area contributed by atoms with Gasteiger partial charge < -0.3 is 9.80 Å². The molecule has 0 aromatic heterocycles. The highest BCUT2D eigenvalue weighted by molar-refractivity contribution is 5.87. The van der Waals surface area contributed by atoms with E-state index in [4.69, 9.17) is 0 Å². The van der Waals surface area contributed by atoms with E-state index in [0.717, 1.165) is 6.42 Å². The molecule has 2 heteroatoms. The Hall–Kier alpha value is -5.08. The number of hydrogen-bond acceptors (Lipinski definition) is 2. The zero-order valence-electron chi connectivity index (χ0n) is 31.4. The monoisotopic (exact) mass is 688 g/mol. The molecule has 6 atom stereocenters. The van der Waals surface area contributed by atoms with Crippen LogP contribution in [0, 0.1) is 11.8 Å². The third-order valence-electron chi connectivity index (χ3n) is 15.0. The summed E-state index contributed by atoms with van der Waals surface area (Å²) >= 11 is 0. The Kier molecular flexibility index (Phi) is 6.65. The highest BCUT2D eigenvalue weighted by atomic mass is 15.3. The van der Waals surface area contributed by atoms with Gasteiger partial charge in [0.1, 0.15) is 0 Å². The molecule has 262 valence electrons. The van der Waals surface area contributed by atoms with E-state index in [1.54, 1.807) is 0 Å². The van der Waals surface area contributed by atoms with Crippen molar-refractivity contribution in [1.29, 1.82) is 0 Å². The zero-order valence-corrected chi connectivity index (χ0v) is 31.4. The number of rotatable bonds is 4.